The first-order valence-electron chi connectivity index (χ1n) is 5.89. The maximum atomic E-state index is 3.62. The zero-order chi connectivity index (χ0) is 9.26. The Morgan fingerprint density at radius 2 is 2.15 bits per heavy atom. The third-order valence-corrected chi connectivity index (χ3v) is 4.52. The predicted octanol–water partition coefficient (Wildman–Crippen LogP) is 4.38. The Morgan fingerprint density at radius 3 is 2.69 bits per heavy atom. The van der Waals surface area contributed by atoms with Gasteiger partial charge in [-0.25, -0.2) is 0 Å². The highest BCUT2D eigenvalue weighted by atomic mass is 79.9. The van der Waals surface area contributed by atoms with Gasteiger partial charge in [0.1, 0.15) is 0 Å². The van der Waals surface area contributed by atoms with Crippen molar-refractivity contribution in [3.05, 3.63) is 0 Å². The van der Waals surface area contributed by atoms with E-state index in [1.54, 1.807) is 25.7 Å². The minimum atomic E-state index is 0.728. The zero-order valence-corrected chi connectivity index (χ0v) is 10.2. The summed E-state index contributed by atoms with van der Waals surface area (Å²) < 4.78 is 0. The Bertz CT molecular complexity index is 165. The van der Waals surface area contributed by atoms with Crippen LogP contribution in [0, 0.1) is 17.8 Å². The summed E-state index contributed by atoms with van der Waals surface area (Å²) in [6, 6.07) is 0. The first kappa shape index (κ1) is 10.0. The van der Waals surface area contributed by atoms with Crippen molar-refractivity contribution < 1.29 is 0 Å². The van der Waals surface area contributed by atoms with Crippen LogP contribution in [0.4, 0.5) is 0 Å². The van der Waals surface area contributed by atoms with Crippen molar-refractivity contribution >= 4 is 15.9 Å². The van der Waals surface area contributed by atoms with Gasteiger partial charge < -0.3 is 0 Å². The van der Waals surface area contributed by atoms with Gasteiger partial charge in [0.05, 0.1) is 0 Å². The maximum absolute atomic E-state index is 3.62. The number of halogens is 1. The average Bonchev–Trinajstić information content (AvgIpc) is 2.64. The van der Waals surface area contributed by atoms with Gasteiger partial charge in [-0.05, 0) is 43.4 Å². The van der Waals surface area contributed by atoms with E-state index >= 15 is 0 Å². The highest BCUT2D eigenvalue weighted by molar-refractivity contribution is 9.09. The lowest BCUT2D eigenvalue weighted by Crippen LogP contribution is -2.10. The van der Waals surface area contributed by atoms with Crippen LogP contribution in [-0.4, -0.2) is 4.83 Å². The molecule has 0 nitrogen and oxygen atoms in total. The Kier molecular flexibility index (Phi) is 3.34. The van der Waals surface area contributed by atoms with Gasteiger partial charge in [0.25, 0.3) is 0 Å². The fraction of sp³-hybridized carbons (Fsp3) is 1.00. The molecule has 0 amide bonds. The van der Waals surface area contributed by atoms with Crippen LogP contribution in [0.15, 0.2) is 0 Å². The minimum absolute atomic E-state index is 0.728. The third-order valence-electron chi connectivity index (χ3n) is 4.06. The number of rotatable bonds is 4. The third kappa shape index (κ3) is 2.49. The lowest BCUT2D eigenvalue weighted by molar-refractivity contribution is 0.306. The molecule has 0 aromatic heterocycles. The van der Waals surface area contributed by atoms with E-state index in [9.17, 15) is 0 Å². The molecule has 0 aliphatic heterocycles. The van der Waals surface area contributed by atoms with Crippen LogP contribution in [-0.2, 0) is 0 Å². The largest absolute Gasteiger partial charge is 0.0894 e. The summed E-state index contributed by atoms with van der Waals surface area (Å²) in [5.74, 6) is 3.39. The van der Waals surface area contributed by atoms with Crippen molar-refractivity contribution in [1.82, 2.24) is 0 Å². The first-order valence-corrected chi connectivity index (χ1v) is 6.81. The van der Waals surface area contributed by atoms with Crippen LogP contribution in [0.1, 0.15) is 51.9 Å². The second kappa shape index (κ2) is 4.33. The lowest BCUT2D eigenvalue weighted by Gasteiger charge is -2.21. The predicted molar refractivity (Wildman–Crippen MR) is 61.2 cm³/mol. The van der Waals surface area contributed by atoms with Crippen LogP contribution >= 0.6 is 15.9 Å². The molecule has 76 valence electrons. The number of alkyl halides is 1. The summed E-state index contributed by atoms with van der Waals surface area (Å²) in [6.07, 6.45) is 10.6. The SMILES string of the molecule is CC(Br)CCCC1CC2CCC1C2. The highest BCUT2D eigenvalue weighted by Gasteiger charge is 2.38. The molecule has 4 unspecified atom stereocenters. The average molecular weight is 245 g/mol. The number of hydrogen-bond acceptors (Lipinski definition) is 0. The first-order chi connectivity index (χ1) is 6.25. The molecular weight excluding hydrogens is 224 g/mol. The van der Waals surface area contributed by atoms with Gasteiger partial charge >= 0.3 is 0 Å². The summed E-state index contributed by atoms with van der Waals surface area (Å²) in [4.78, 5) is 0.728. The normalized spacial score (nSPS) is 39.7. The van der Waals surface area contributed by atoms with Crippen molar-refractivity contribution in [2.45, 2.75) is 56.7 Å². The topological polar surface area (TPSA) is 0 Å². The second-order valence-corrected chi connectivity index (χ2v) is 6.71. The van der Waals surface area contributed by atoms with Crippen molar-refractivity contribution in [2.75, 3.05) is 0 Å². The van der Waals surface area contributed by atoms with Crippen LogP contribution in [0.2, 0.25) is 0 Å². The maximum Gasteiger partial charge on any atom is 0.0117 e. The highest BCUT2D eigenvalue weighted by Crippen LogP contribution is 2.50. The van der Waals surface area contributed by atoms with Gasteiger partial charge in [0, 0.05) is 4.83 Å². The standard InChI is InChI=1S/C12H21Br/c1-9(13)3-2-4-11-7-10-5-6-12(11)8-10/h9-12H,2-8H2,1H3. The fourth-order valence-corrected chi connectivity index (χ4v) is 3.72. The van der Waals surface area contributed by atoms with Crippen molar-refractivity contribution in [3.63, 3.8) is 0 Å². The Labute approximate surface area is 90.6 Å². The van der Waals surface area contributed by atoms with Gasteiger partial charge in [-0.2, -0.15) is 0 Å². The quantitative estimate of drug-likeness (QED) is 0.645. The molecule has 0 N–H and O–H groups in total. The van der Waals surface area contributed by atoms with Crippen LogP contribution < -0.4 is 0 Å². The molecule has 1 heteroatoms. The van der Waals surface area contributed by atoms with Crippen molar-refractivity contribution in [2.24, 2.45) is 17.8 Å². The minimum Gasteiger partial charge on any atom is -0.0894 e. The summed E-state index contributed by atoms with van der Waals surface area (Å²) in [6.45, 7) is 2.26. The summed E-state index contributed by atoms with van der Waals surface area (Å²) in [5, 5.41) is 0. The molecule has 0 saturated heterocycles. The van der Waals surface area contributed by atoms with Crippen molar-refractivity contribution in [1.29, 1.82) is 0 Å². The van der Waals surface area contributed by atoms with E-state index < -0.39 is 0 Å². The molecule has 2 bridgehead atoms. The molecule has 0 aromatic carbocycles. The molecule has 2 saturated carbocycles. The fourth-order valence-electron chi connectivity index (χ4n) is 3.39. The van der Waals surface area contributed by atoms with E-state index in [1.165, 1.54) is 19.3 Å². The Morgan fingerprint density at radius 1 is 1.31 bits per heavy atom. The molecule has 2 fully saturated rings. The Hall–Kier alpha value is 0.480. The van der Waals surface area contributed by atoms with Gasteiger partial charge in [0.2, 0.25) is 0 Å². The van der Waals surface area contributed by atoms with E-state index in [2.05, 4.69) is 22.9 Å². The summed E-state index contributed by atoms with van der Waals surface area (Å²) in [7, 11) is 0. The summed E-state index contributed by atoms with van der Waals surface area (Å²) in [5.41, 5.74) is 0. The van der Waals surface area contributed by atoms with Gasteiger partial charge in [-0.15, -0.1) is 0 Å². The van der Waals surface area contributed by atoms with Crippen LogP contribution in [0.25, 0.3) is 0 Å². The van der Waals surface area contributed by atoms with E-state index in [4.69, 9.17) is 0 Å². The van der Waals surface area contributed by atoms with E-state index in [0.717, 1.165) is 22.6 Å². The zero-order valence-electron chi connectivity index (χ0n) is 8.64. The smallest absolute Gasteiger partial charge is 0.0117 e. The Balaban J connectivity index is 1.66. The van der Waals surface area contributed by atoms with Gasteiger partial charge in [0.15, 0.2) is 0 Å². The molecule has 13 heavy (non-hydrogen) atoms. The number of fused-ring (bicyclic) bond motifs is 2. The molecule has 2 rings (SSSR count). The molecule has 2 aliphatic rings. The molecule has 0 heterocycles. The molecule has 0 aromatic rings. The molecule has 4 atom stereocenters. The lowest BCUT2D eigenvalue weighted by atomic mass is 9.85. The molecule has 2 aliphatic carbocycles. The van der Waals surface area contributed by atoms with Crippen LogP contribution in [0.5, 0.6) is 0 Å². The van der Waals surface area contributed by atoms with E-state index in [0.29, 0.717) is 0 Å². The number of hydrogen-bond donors (Lipinski definition) is 0. The van der Waals surface area contributed by atoms with Gasteiger partial charge in [-0.3, -0.25) is 0 Å². The molecule has 0 radical (unpaired) electrons. The van der Waals surface area contributed by atoms with Crippen molar-refractivity contribution in [3.8, 4) is 0 Å². The molecule has 0 spiro atoms. The van der Waals surface area contributed by atoms with E-state index in [1.807, 2.05) is 0 Å². The molecular formula is C12H21Br. The van der Waals surface area contributed by atoms with Gasteiger partial charge in [-0.1, -0.05) is 42.1 Å². The summed E-state index contributed by atoms with van der Waals surface area (Å²) >= 11 is 3.62. The van der Waals surface area contributed by atoms with E-state index in [-0.39, 0.29) is 0 Å². The monoisotopic (exact) mass is 244 g/mol. The van der Waals surface area contributed by atoms with Crippen LogP contribution in [0.3, 0.4) is 0 Å². The second-order valence-electron chi connectivity index (χ2n) is 5.15.